The number of nitrogens with zero attached hydrogens (tertiary/aromatic N) is 6. The van der Waals surface area contributed by atoms with E-state index in [1.54, 1.807) is 15.9 Å². The predicted molar refractivity (Wildman–Crippen MR) is 117 cm³/mol. The highest BCUT2D eigenvalue weighted by Crippen LogP contribution is 2.36. The Morgan fingerprint density at radius 2 is 2.07 bits per heavy atom. The van der Waals surface area contributed by atoms with Crippen molar-refractivity contribution >= 4 is 33.2 Å². The van der Waals surface area contributed by atoms with E-state index in [9.17, 15) is 4.79 Å². The fourth-order valence-electron chi connectivity index (χ4n) is 4.41. The second kappa shape index (κ2) is 7.75. The average Bonchev–Trinajstić information content (AvgIpc) is 3.40. The number of aryl methyl sites for hydroxylation is 2. The predicted octanol–water partition coefficient (Wildman–Crippen LogP) is 4.04. The molecule has 0 saturated carbocycles. The number of rotatable bonds is 4. The highest BCUT2D eigenvalue weighted by Gasteiger charge is 2.30. The first-order valence-electron chi connectivity index (χ1n) is 10.4. The fraction of sp³-hybridized carbons (Fsp3) is 0.409. The van der Waals surface area contributed by atoms with Crippen molar-refractivity contribution in [1.82, 2.24) is 29.5 Å². The first kappa shape index (κ1) is 19.1. The first-order valence-corrected chi connectivity index (χ1v) is 11.2. The van der Waals surface area contributed by atoms with Crippen LogP contribution in [0.15, 0.2) is 30.6 Å². The zero-order valence-electron chi connectivity index (χ0n) is 17.2. The van der Waals surface area contributed by atoms with Gasteiger partial charge in [-0.25, -0.2) is 14.5 Å². The number of amides is 1. The molecule has 5 rings (SSSR count). The summed E-state index contributed by atoms with van der Waals surface area (Å²) in [5, 5.41) is 5.31. The largest absolute Gasteiger partial charge is 0.333 e. The molecule has 8 heteroatoms. The maximum atomic E-state index is 13.3. The number of carbonyl (C=O) groups is 1. The van der Waals surface area contributed by atoms with Crippen molar-refractivity contribution in [2.75, 3.05) is 6.54 Å². The third kappa shape index (κ3) is 3.35. The number of benzene rings is 1. The number of carbonyl (C=O) groups excluding carboxylic acids is 1. The van der Waals surface area contributed by atoms with Gasteiger partial charge in [0, 0.05) is 24.4 Å². The zero-order valence-corrected chi connectivity index (χ0v) is 18.0. The molecule has 0 radical (unpaired) electrons. The van der Waals surface area contributed by atoms with Gasteiger partial charge in [0.25, 0.3) is 5.78 Å². The minimum absolute atomic E-state index is 0.0850. The molecule has 1 aromatic carbocycles. The van der Waals surface area contributed by atoms with Crippen molar-refractivity contribution in [3.63, 3.8) is 0 Å². The van der Waals surface area contributed by atoms with Crippen LogP contribution >= 0.6 is 11.3 Å². The molecule has 0 bridgehead atoms. The van der Waals surface area contributed by atoms with E-state index in [-0.39, 0.29) is 11.9 Å². The van der Waals surface area contributed by atoms with Gasteiger partial charge in [-0.3, -0.25) is 4.79 Å². The Morgan fingerprint density at radius 1 is 1.20 bits per heavy atom. The van der Waals surface area contributed by atoms with Gasteiger partial charge in [-0.1, -0.05) is 12.1 Å². The van der Waals surface area contributed by atoms with Crippen molar-refractivity contribution in [2.24, 2.45) is 0 Å². The van der Waals surface area contributed by atoms with Gasteiger partial charge in [0.2, 0.25) is 5.91 Å². The zero-order chi connectivity index (χ0) is 20.7. The standard InChI is InChI=1S/C22H24N6OS/c1-14-16(15(2)28-22(25-14)23-13-24-28)10-11-20(29)27-12-6-5-8-18(27)21-26-17-7-3-4-9-19(17)30-21/h3-4,7,9,13,18H,5-6,8,10-12H2,1-2H3/t18-/m1/s1. The van der Waals surface area contributed by atoms with Gasteiger partial charge >= 0.3 is 0 Å². The fourth-order valence-corrected chi connectivity index (χ4v) is 5.53. The Bertz CT molecular complexity index is 1200. The van der Waals surface area contributed by atoms with Gasteiger partial charge in [-0.2, -0.15) is 10.1 Å². The van der Waals surface area contributed by atoms with Crippen molar-refractivity contribution in [2.45, 2.75) is 52.0 Å². The maximum absolute atomic E-state index is 13.3. The van der Waals surface area contributed by atoms with Crippen LogP contribution in [0.4, 0.5) is 0 Å². The molecule has 1 saturated heterocycles. The van der Waals surface area contributed by atoms with E-state index in [4.69, 9.17) is 4.98 Å². The topological polar surface area (TPSA) is 76.3 Å². The van der Waals surface area contributed by atoms with Crippen LogP contribution in [0.2, 0.25) is 0 Å². The molecule has 0 unspecified atom stereocenters. The van der Waals surface area contributed by atoms with E-state index in [0.717, 1.165) is 53.3 Å². The number of fused-ring (bicyclic) bond motifs is 2. The second-order valence-corrected chi connectivity index (χ2v) is 8.91. The number of thiazole rings is 1. The van der Waals surface area contributed by atoms with Crippen LogP contribution in [-0.2, 0) is 11.2 Å². The lowest BCUT2D eigenvalue weighted by Crippen LogP contribution is -2.38. The van der Waals surface area contributed by atoms with Crippen LogP contribution in [0, 0.1) is 13.8 Å². The van der Waals surface area contributed by atoms with Crippen LogP contribution in [0.3, 0.4) is 0 Å². The SMILES string of the molecule is Cc1nc2ncnn2c(C)c1CCC(=O)N1CCCC[C@@H]1c1nc2ccccc2s1. The van der Waals surface area contributed by atoms with Crippen molar-refractivity contribution < 1.29 is 4.79 Å². The number of likely N-dealkylation sites (tertiary alicyclic amines) is 1. The summed E-state index contributed by atoms with van der Waals surface area (Å²) in [5.41, 5.74) is 4.02. The van der Waals surface area contributed by atoms with Gasteiger partial charge in [-0.05, 0) is 57.2 Å². The van der Waals surface area contributed by atoms with E-state index in [1.807, 2.05) is 36.9 Å². The van der Waals surface area contributed by atoms with Crippen molar-refractivity contribution in [3.8, 4) is 0 Å². The Balaban J connectivity index is 1.37. The third-order valence-corrected chi connectivity index (χ3v) is 7.13. The number of aromatic nitrogens is 5. The Hall–Kier alpha value is -2.87. The molecule has 1 amide bonds. The highest BCUT2D eigenvalue weighted by molar-refractivity contribution is 7.18. The monoisotopic (exact) mass is 420 g/mol. The molecule has 4 heterocycles. The van der Waals surface area contributed by atoms with E-state index < -0.39 is 0 Å². The van der Waals surface area contributed by atoms with E-state index >= 15 is 0 Å². The Labute approximate surface area is 178 Å². The lowest BCUT2D eigenvalue weighted by molar-refractivity contribution is -0.135. The quantitative estimate of drug-likeness (QED) is 0.498. The molecular weight excluding hydrogens is 396 g/mol. The summed E-state index contributed by atoms with van der Waals surface area (Å²) >= 11 is 1.71. The van der Waals surface area contributed by atoms with E-state index in [2.05, 4.69) is 21.1 Å². The average molecular weight is 421 g/mol. The molecule has 154 valence electrons. The van der Waals surface area contributed by atoms with Gasteiger partial charge in [0.15, 0.2) is 0 Å². The molecule has 1 fully saturated rings. The lowest BCUT2D eigenvalue weighted by Gasteiger charge is -2.34. The molecule has 1 aliphatic rings. The summed E-state index contributed by atoms with van der Waals surface area (Å²) in [5.74, 6) is 0.795. The number of hydrogen-bond donors (Lipinski definition) is 0. The smallest absolute Gasteiger partial charge is 0.252 e. The van der Waals surface area contributed by atoms with E-state index in [1.165, 1.54) is 11.0 Å². The van der Waals surface area contributed by atoms with Crippen LogP contribution < -0.4 is 0 Å². The van der Waals surface area contributed by atoms with Gasteiger partial charge in [0.1, 0.15) is 11.3 Å². The summed E-state index contributed by atoms with van der Waals surface area (Å²) < 4.78 is 2.93. The minimum atomic E-state index is 0.0850. The van der Waals surface area contributed by atoms with Gasteiger partial charge in [0.05, 0.1) is 16.3 Å². The summed E-state index contributed by atoms with van der Waals surface area (Å²) in [4.78, 5) is 28.8. The third-order valence-electron chi connectivity index (χ3n) is 6.00. The molecule has 30 heavy (non-hydrogen) atoms. The van der Waals surface area contributed by atoms with E-state index in [0.29, 0.717) is 18.6 Å². The minimum Gasteiger partial charge on any atom is -0.333 e. The Kier molecular flexibility index (Phi) is 4.94. The van der Waals surface area contributed by atoms with Crippen molar-refractivity contribution in [1.29, 1.82) is 0 Å². The number of hydrogen-bond acceptors (Lipinski definition) is 6. The summed E-state index contributed by atoms with van der Waals surface area (Å²) in [6.45, 7) is 4.80. The summed E-state index contributed by atoms with van der Waals surface area (Å²) in [6.07, 6.45) is 5.80. The van der Waals surface area contributed by atoms with Gasteiger partial charge < -0.3 is 4.90 Å². The van der Waals surface area contributed by atoms with Crippen LogP contribution in [-0.4, -0.2) is 41.9 Å². The Morgan fingerprint density at radius 3 is 2.93 bits per heavy atom. The van der Waals surface area contributed by atoms with Crippen LogP contribution in [0.1, 0.15) is 53.7 Å². The molecule has 7 nitrogen and oxygen atoms in total. The molecular formula is C22H24N6OS. The summed E-state index contributed by atoms with van der Waals surface area (Å²) in [6, 6.07) is 8.29. The number of para-hydroxylation sites is 1. The summed E-state index contributed by atoms with van der Waals surface area (Å²) in [7, 11) is 0. The van der Waals surface area contributed by atoms with Crippen molar-refractivity contribution in [3.05, 3.63) is 52.6 Å². The van der Waals surface area contributed by atoms with Gasteiger partial charge in [-0.15, -0.1) is 11.3 Å². The molecule has 3 aromatic heterocycles. The molecule has 0 N–H and O–H groups in total. The number of piperidine rings is 1. The lowest BCUT2D eigenvalue weighted by atomic mass is 10.0. The molecule has 0 aliphatic carbocycles. The normalized spacial score (nSPS) is 17.1. The maximum Gasteiger partial charge on any atom is 0.252 e. The highest BCUT2D eigenvalue weighted by atomic mass is 32.1. The second-order valence-electron chi connectivity index (χ2n) is 7.85. The molecule has 4 aromatic rings. The molecule has 0 spiro atoms. The van der Waals surface area contributed by atoms with Crippen LogP contribution in [0.25, 0.3) is 16.0 Å². The van der Waals surface area contributed by atoms with Crippen LogP contribution in [0.5, 0.6) is 0 Å². The molecule has 1 atom stereocenters. The first-order chi connectivity index (χ1) is 14.6. The molecule has 1 aliphatic heterocycles.